The van der Waals surface area contributed by atoms with Gasteiger partial charge >= 0.3 is 0 Å². The topological polar surface area (TPSA) is 41.1 Å². The van der Waals surface area contributed by atoms with Crippen LogP contribution in [0.1, 0.15) is 31.2 Å². The average Bonchev–Trinajstić information content (AvgIpc) is 2.74. The Kier molecular flexibility index (Phi) is 4.61. The highest BCUT2D eigenvalue weighted by atomic mass is 35.5. The van der Waals surface area contributed by atoms with Gasteiger partial charge < -0.3 is 10.6 Å². The first-order valence-electron chi connectivity index (χ1n) is 6.99. The maximum Gasteiger partial charge on any atom is 0.237 e. The van der Waals surface area contributed by atoms with Crippen molar-refractivity contribution in [3.05, 3.63) is 34.7 Å². The van der Waals surface area contributed by atoms with E-state index in [0.717, 1.165) is 13.0 Å². The van der Waals surface area contributed by atoms with Gasteiger partial charge in [-0.05, 0) is 44.2 Å². The predicted molar refractivity (Wildman–Crippen MR) is 91.3 cm³/mol. The smallest absolute Gasteiger partial charge is 0.237 e. The molecule has 21 heavy (non-hydrogen) atoms. The molecule has 1 aromatic carbocycles. The second-order valence-corrected chi connectivity index (χ2v) is 7.51. The number of fused-ring (bicyclic) bond motifs is 3. The standard InChI is InChI=1S/C16H20N2OS.ClH/c1-16(2,3)18-15(19)12-8-11-10-6-4-5-7-13(10)20-14(11)9-17-12;/h4-7,12,17H,8-9H2,1-3H3,(H,18,19);1H/t12-;/m1./s1. The summed E-state index contributed by atoms with van der Waals surface area (Å²) in [5.41, 5.74) is 1.16. The molecule has 5 heteroatoms. The van der Waals surface area contributed by atoms with Crippen LogP contribution >= 0.6 is 23.7 Å². The Hall–Kier alpha value is -1.10. The molecule has 0 bridgehead atoms. The number of thiophene rings is 1. The van der Waals surface area contributed by atoms with Crippen molar-refractivity contribution >= 4 is 39.7 Å². The van der Waals surface area contributed by atoms with Crippen molar-refractivity contribution in [3.8, 4) is 0 Å². The molecular formula is C16H21ClN2OS. The third-order valence-corrected chi connectivity index (χ3v) is 4.73. The first kappa shape index (κ1) is 16.3. The molecule has 0 spiro atoms. The first-order chi connectivity index (χ1) is 9.44. The highest BCUT2D eigenvalue weighted by Gasteiger charge is 2.28. The molecule has 1 amide bonds. The van der Waals surface area contributed by atoms with Gasteiger partial charge in [-0.2, -0.15) is 0 Å². The van der Waals surface area contributed by atoms with E-state index in [4.69, 9.17) is 0 Å². The Labute approximate surface area is 135 Å². The van der Waals surface area contributed by atoms with Crippen LogP contribution in [0.25, 0.3) is 10.1 Å². The Bertz CT molecular complexity index is 660. The van der Waals surface area contributed by atoms with Crippen molar-refractivity contribution in [2.45, 2.75) is 45.3 Å². The summed E-state index contributed by atoms with van der Waals surface area (Å²) in [5.74, 6) is 0.0958. The minimum Gasteiger partial charge on any atom is -0.350 e. The third-order valence-electron chi connectivity index (χ3n) is 3.51. The fourth-order valence-electron chi connectivity index (χ4n) is 2.65. The van der Waals surface area contributed by atoms with E-state index >= 15 is 0 Å². The molecule has 2 N–H and O–H groups in total. The van der Waals surface area contributed by atoms with E-state index in [1.165, 1.54) is 20.5 Å². The number of halogens is 1. The number of rotatable bonds is 1. The fourth-order valence-corrected chi connectivity index (χ4v) is 3.84. The maximum absolute atomic E-state index is 12.3. The van der Waals surface area contributed by atoms with Crippen molar-refractivity contribution < 1.29 is 4.79 Å². The molecular weight excluding hydrogens is 304 g/mol. The summed E-state index contributed by atoms with van der Waals surface area (Å²) in [6, 6.07) is 8.33. The molecule has 0 unspecified atom stereocenters. The lowest BCUT2D eigenvalue weighted by Gasteiger charge is -2.28. The van der Waals surface area contributed by atoms with Gasteiger partial charge in [0.25, 0.3) is 0 Å². The van der Waals surface area contributed by atoms with Crippen molar-refractivity contribution in [1.29, 1.82) is 0 Å². The van der Waals surface area contributed by atoms with Crippen LogP contribution in [0.3, 0.4) is 0 Å². The third kappa shape index (κ3) is 3.39. The first-order valence-corrected chi connectivity index (χ1v) is 7.80. The number of amides is 1. The second-order valence-electron chi connectivity index (χ2n) is 6.38. The molecule has 2 aromatic rings. The number of hydrogen-bond donors (Lipinski definition) is 2. The maximum atomic E-state index is 12.3. The molecule has 0 aliphatic carbocycles. The summed E-state index contributed by atoms with van der Waals surface area (Å²) in [7, 11) is 0. The highest BCUT2D eigenvalue weighted by Crippen LogP contribution is 2.34. The van der Waals surface area contributed by atoms with Crippen LogP contribution in [0.15, 0.2) is 24.3 Å². The van der Waals surface area contributed by atoms with Gasteiger partial charge in [-0.3, -0.25) is 4.79 Å². The minimum atomic E-state index is -0.185. The zero-order valence-electron chi connectivity index (χ0n) is 12.5. The Morgan fingerprint density at radius 2 is 2.05 bits per heavy atom. The van der Waals surface area contributed by atoms with Gasteiger partial charge in [0.2, 0.25) is 5.91 Å². The molecule has 0 radical (unpaired) electrons. The Balaban J connectivity index is 0.00000161. The summed E-state index contributed by atoms with van der Waals surface area (Å²) in [6.45, 7) is 6.83. The average molecular weight is 325 g/mol. The number of carbonyl (C=O) groups excluding carboxylic acids is 1. The second kappa shape index (κ2) is 5.95. The molecule has 114 valence electrons. The van der Waals surface area contributed by atoms with Gasteiger partial charge in [-0.1, -0.05) is 18.2 Å². The fraction of sp³-hybridized carbons (Fsp3) is 0.438. The molecule has 1 aromatic heterocycles. The molecule has 0 fully saturated rings. The van der Waals surface area contributed by atoms with E-state index in [1.54, 1.807) is 0 Å². The van der Waals surface area contributed by atoms with Gasteiger partial charge in [0.05, 0.1) is 6.04 Å². The van der Waals surface area contributed by atoms with Gasteiger partial charge in [-0.25, -0.2) is 0 Å². The number of benzene rings is 1. The largest absolute Gasteiger partial charge is 0.350 e. The summed E-state index contributed by atoms with van der Waals surface area (Å²) < 4.78 is 1.32. The lowest BCUT2D eigenvalue weighted by Crippen LogP contribution is -2.52. The monoisotopic (exact) mass is 324 g/mol. The Morgan fingerprint density at radius 3 is 2.76 bits per heavy atom. The van der Waals surface area contributed by atoms with Gasteiger partial charge in [0.1, 0.15) is 0 Å². The lowest BCUT2D eigenvalue weighted by atomic mass is 9.97. The molecule has 0 saturated heterocycles. The van der Waals surface area contributed by atoms with E-state index in [0.29, 0.717) is 0 Å². The molecule has 1 atom stereocenters. The lowest BCUT2D eigenvalue weighted by molar-refractivity contribution is -0.124. The summed E-state index contributed by atoms with van der Waals surface area (Å²) in [5, 5.41) is 7.73. The Morgan fingerprint density at radius 1 is 1.33 bits per heavy atom. The van der Waals surface area contributed by atoms with E-state index in [-0.39, 0.29) is 29.9 Å². The summed E-state index contributed by atoms with van der Waals surface area (Å²) in [4.78, 5) is 13.7. The van der Waals surface area contributed by atoms with Crippen LogP contribution < -0.4 is 10.6 Å². The number of nitrogens with one attached hydrogen (secondary N) is 2. The van der Waals surface area contributed by atoms with E-state index in [2.05, 4.69) is 34.9 Å². The van der Waals surface area contributed by atoms with Crippen molar-refractivity contribution in [2.24, 2.45) is 0 Å². The van der Waals surface area contributed by atoms with Crippen LogP contribution in [0, 0.1) is 0 Å². The molecule has 2 heterocycles. The van der Waals surface area contributed by atoms with Crippen LogP contribution in [0.2, 0.25) is 0 Å². The summed E-state index contributed by atoms with van der Waals surface area (Å²) >= 11 is 1.83. The normalized spacial score (nSPS) is 18.0. The number of carbonyl (C=O) groups is 1. The van der Waals surface area contributed by atoms with Crippen molar-refractivity contribution in [3.63, 3.8) is 0 Å². The number of hydrogen-bond acceptors (Lipinski definition) is 3. The summed E-state index contributed by atoms with van der Waals surface area (Å²) in [6.07, 6.45) is 0.779. The van der Waals surface area contributed by atoms with Gasteiger partial charge in [0.15, 0.2) is 0 Å². The van der Waals surface area contributed by atoms with E-state index in [1.807, 2.05) is 32.1 Å². The minimum absolute atomic E-state index is 0. The van der Waals surface area contributed by atoms with Crippen LogP contribution in [-0.4, -0.2) is 17.5 Å². The quantitative estimate of drug-likeness (QED) is 0.845. The molecule has 1 aliphatic rings. The van der Waals surface area contributed by atoms with Crippen molar-refractivity contribution in [2.75, 3.05) is 0 Å². The van der Waals surface area contributed by atoms with E-state index < -0.39 is 0 Å². The SMILES string of the molecule is CC(C)(C)NC(=O)[C@H]1Cc2c(sc3ccccc23)CN1.Cl. The van der Waals surface area contributed by atoms with E-state index in [9.17, 15) is 4.79 Å². The van der Waals surface area contributed by atoms with Crippen LogP contribution in [-0.2, 0) is 17.8 Å². The van der Waals surface area contributed by atoms with Crippen molar-refractivity contribution in [1.82, 2.24) is 10.6 Å². The zero-order valence-corrected chi connectivity index (χ0v) is 14.2. The van der Waals surface area contributed by atoms with Gasteiger partial charge in [-0.15, -0.1) is 23.7 Å². The zero-order chi connectivity index (χ0) is 14.3. The van der Waals surface area contributed by atoms with Crippen LogP contribution in [0.4, 0.5) is 0 Å². The van der Waals surface area contributed by atoms with Gasteiger partial charge in [0, 0.05) is 21.7 Å². The molecule has 3 nitrogen and oxygen atoms in total. The molecule has 1 aliphatic heterocycles. The predicted octanol–water partition coefficient (Wildman–Crippen LogP) is 3.25. The van der Waals surface area contributed by atoms with Crippen LogP contribution in [0.5, 0.6) is 0 Å². The molecule has 3 rings (SSSR count). The highest BCUT2D eigenvalue weighted by molar-refractivity contribution is 7.19. The molecule has 0 saturated carbocycles.